The number of benzene rings is 3. The lowest BCUT2D eigenvalue weighted by molar-refractivity contribution is -0.139. The Morgan fingerprint density at radius 3 is 1.41 bits per heavy atom. The van der Waals surface area contributed by atoms with Gasteiger partial charge in [-0.05, 0) is 61.2 Å². The Bertz CT molecular complexity index is 1740. The van der Waals surface area contributed by atoms with E-state index in [0.717, 1.165) is 5.56 Å². The van der Waals surface area contributed by atoms with Gasteiger partial charge in [0.2, 0.25) is 0 Å². The lowest BCUT2D eigenvalue weighted by Crippen LogP contribution is -2.37. The van der Waals surface area contributed by atoms with Crippen LogP contribution >= 0.6 is 0 Å². The zero-order chi connectivity index (χ0) is 40.9. The summed E-state index contributed by atoms with van der Waals surface area (Å²) in [6.07, 6.45) is -3.33. The number of para-hydroxylation sites is 2. The predicted molar refractivity (Wildman–Crippen MR) is 208 cm³/mol. The van der Waals surface area contributed by atoms with Gasteiger partial charge in [-0.25, -0.2) is 19.2 Å². The molecular weight excluding hydrogens is 724 g/mol. The predicted octanol–water partition coefficient (Wildman–Crippen LogP) is 6.33. The molecule has 0 aliphatic carbocycles. The summed E-state index contributed by atoms with van der Waals surface area (Å²) >= 11 is 0. The van der Waals surface area contributed by atoms with E-state index in [1.165, 1.54) is 13.8 Å². The van der Waals surface area contributed by atoms with E-state index < -0.39 is 36.3 Å². The smallest absolute Gasteiger partial charge is 0.407 e. The monoisotopic (exact) mass is 776 g/mol. The van der Waals surface area contributed by atoms with E-state index in [4.69, 9.17) is 37.9 Å². The van der Waals surface area contributed by atoms with Crippen molar-refractivity contribution < 1.29 is 57.1 Å². The Labute approximate surface area is 328 Å². The molecule has 0 saturated heterocycles. The molecule has 0 aliphatic rings. The highest BCUT2D eigenvalue weighted by atomic mass is 16.6. The molecule has 0 aliphatic heterocycles. The number of alkyl carbamates (subject to hydrolysis) is 2. The fourth-order valence-corrected chi connectivity index (χ4v) is 4.44. The van der Waals surface area contributed by atoms with Gasteiger partial charge >= 0.3 is 24.1 Å². The van der Waals surface area contributed by atoms with Crippen molar-refractivity contribution in [1.29, 1.82) is 0 Å². The maximum absolute atomic E-state index is 12.8. The number of rotatable bonds is 22. The van der Waals surface area contributed by atoms with Crippen LogP contribution in [0.15, 0.2) is 103 Å². The van der Waals surface area contributed by atoms with Crippen molar-refractivity contribution in [2.75, 3.05) is 52.7 Å². The number of hydrogen-bond acceptors (Lipinski definition) is 12. The molecule has 0 heterocycles. The lowest BCUT2D eigenvalue weighted by atomic mass is 9.87. The number of amides is 2. The van der Waals surface area contributed by atoms with Gasteiger partial charge in [0.15, 0.2) is 23.7 Å². The normalized spacial score (nSPS) is 11.8. The first-order valence-electron chi connectivity index (χ1n) is 18.0. The molecule has 56 heavy (non-hydrogen) atoms. The number of carbonyl (C=O) groups is 4. The van der Waals surface area contributed by atoms with E-state index in [2.05, 4.69) is 23.8 Å². The molecule has 2 amide bonds. The Morgan fingerprint density at radius 1 is 0.589 bits per heavy atom. The van der Waals surface area contributed by atoms with Crippen molar-refractivity contribution in [3.05, 3.63) is 109 Å². The van der Waals surface area contributed by atoms with Crippen LogP contribution in [0.5, 0.6) is 23.0 Å². The van der Waals surface area contributed by atoms with Gasteiger partial charge in [-0.15, -0.1) is 0 Å². The maximum atomic E-state index is 12.8. The topological polar surface area (TPSA) is 166 Å². The molecule has 0 aromatic heterocycles. The quantitative estimate of drug-likeness (QED) is 0.0505. The van der Waals surface area contributed by atoms with Crippen LogP contribution in [0.3, 0.4) is 0 Å². The molecule has 14 nitrogen and oxygen atoms in total. The Morgan fingerprint density at radius 2 is 1.00 bits per heavy atom. The second-order valence-electron chi connectivity index (χ2n) is 13.5. The summed E-state index contributed by atoms with van der Waals surface area (Å²) in [7, 11) is 0. The van der Waals surface area contributed by atoms with Gasteiger partial charge in [-0.2, -0.15) is 0 Å². The molecular formula is C42H52N2O12. The minimum Gasteiger partial charge on any atom is -0.490 e. The van der Waals surface area contributed by atoms with Gasteiger partial charge in [0.25, 0.3) is 0 Å². The van der Waals surface area contributed by atoms with E-state index in [9.17, 15) is 19.2 Å². The molecule has 0 spiro atoms. The van der Waals surface area contributed by atoms with Crippen molar-refractivity contribution >= 4 is 24.1 Å². The zero-order valence-electron chi connectivity index (χ0n) is 32.6. The molecule has 14 heteroatoms. The van der Waals surface area contributed by atoms with E-state index in [1.54, 1.807) is 30.3 Å². The van der Waals surface area contributed by atoms with Gasteiger partial charge in [-0.1, -0.05) is 76.4 Å². The van der Waals surface area contributed by atoms with Gasteiger partial charge < -0.3 is 48.5 Å². The molecule has 3 rings (SSSR count). The standard InChI is InChI=1S/C42H52N2O12/c1-29(2)38(45)49-22-20-43-40(47)55-34(25-51-32-14-10-8-11-15-32)27-53-36-19-18-31(42(5,6)7)24-37(36)54-28-35(26-52-33-16-12-9-13-17-33)56-41(48)44-21-23-50-39(46)30(3)4/h8-19,24,34-35H,1,3,20-23,25-28H2,2,4-7H3,(H,43,47)(H,44,48). The second kappa shape index (κ2) is 22.9. The maximum Gasteiger partial charge on any atom is 0.407 e. The highest BCUT2D eigenvalue weighted by molar-refractivity contribution is 5.87. The molecule has 0 radical (unpaired) electrons. The summed E-state index contributed by atoms with van der Waals surface area (Å²) in [5.74, 6) is 0.651. The summed E-state index contributed by atoms with van der Waals surface area (Å²) in [5, 5.41) is 5.10. The number of carbonyl (C=O) groups excluding carboxylic acids is 4. The molecule has 2 N–H and O–H groups in total. The third kappa shape index (κ3) is 16.9. The Hall–Kier alpha value is -6.18. The molecule has 3 aromatic carbocycles. The molecule has 2 unspecified atom stereocenters. The highest BCUT2D eigenvalue weighted by Gasteiger charge is 2.23. The first-order chi connectivity index (χ1) is 26.7. The zero-order valence-corrected chi connectivity index (χ0v) is 32.6. The van der Waals surface area contributed by atoms with Crippen molar-refractivity contribution in [2.45, 2.75) is 52.2 Å². The fraction of sp³-hybridized carbons (Fsp3) is 0.381. The molecule has 0 saturated carbocycles. The first-order valence-corrected chi connectivity index (χ1v) is 18.0. The van der Waals surface area contributed by atoms with Gasteiger partial charge in [0, 0.05) is 11.1 Å². The van der Waals surface area contributed by atoms with E-state index >= 15 is 0 Å². The average Bonchev–Trinajstić information content (AvgIpc) is 3.17. The minimum atomic E-state index is -0.895. The summed E-state index contributed by atoms with van der Waals surface area (Å²) in [4.78, 5) is 48.8. The lowest BCUT2D eigenvalue weighted by Gasteiger charge is -2.24. The van der Waals surface area contributed by atoms with Gasteiger partial charge in [0.05, 0.1) is 13.1 Å². The van der Waals surface area contributed by atoms with E-state index in [-0.39, 0.29) is 69.3 Å². The van der Waals surface area contributed by atoms with Crippen molar-refractivity contribution in [1.82, 2.24) is 10.6 Å². The SMILES string of the molecule is C=C(C)C(=O)OCCNC(=O)OC(COc1ccccc1)COc1ccc(C(C)(C)C)cc1OCC(COc1ccccc1)OC(=O)NCCOC(=O)C(=C)C. The van der Waals surface area contributed by atoms with E-state index in [0.29, 0.717) is 23.0 Å². The largest absolute Gasteiger partial charge is 0.490 e. The van der Waals surface area contributed by atoms with Crippen LogP contribution in [0.1, 0.15) is 40.2 Å². The third-order valence-corrected chi connectivity index (χ3v) is 7.47. The number of nitrogens with one attached hydrogen (secondary N) is 2. The number of esters is 2. The summed E-state index contributed by atoms with van der Waals surface area (Å²) in [5.41, 5.74) is 1.16. The minimum absolute atomic E-state index is 0.00823. The van der Waals surface area contributed by atoms with Crippen molar-refractivity contribution in [3.63, 3.8) is 0 Å². The Kier molecular flexibility index (Phi) is 18.1. The average molecular weight is 777 g/mol. The van der Waals surface area contributed by atoms with E-state index in [1.807, 2.05) is 69.3 Å². The van der Waals surface area contributed by atoms with Crippen molar-refractivity contribution in [2.24, 2.45) is 0 Å². The summed E-state index contributed by atoms with van der Waals surface area (Å²) in [6.45, 7) is 15.8. The van der Waals surface area contributed by atoms with Crippen LogP contribution in [0.2, 0.25) is 0 Å². The summed E-state index contributed by atoms with van der Waals surface area (Å²) < 4.78 is 45.6. The molecule has 0 fully saturated rings. The van der Waals surface area contributed by atoms with Crippen LogP contribution in [-0.4, -0.2) is 89.1 Å². The van der Waals surface area contributed by atoms with Crippen LogP contribution in [0, 0.1) is 0 Å². The fourth-order valence-electron chi connectivity index (χ4n) is 4.44. The third-order valence-electron chi connectivity index (χ3n) is 7.47. The number of hydrogen-bond donors (Lipinski definition) is 2. The number of ether oxygens (including phenoxy) is 8. The summed E-state index contributed by atoms with van der Waals surface area (Å²) in [6, 6.07) is 23.5. The molecule has 3 aromatic rings. The second-order valence-corrected chi connectivity index (χ2v) is 13.5. The van der Waals surface area contributed by atoms with Crippen molar-refractivity contribution in [3.8, 4) is 23.0 Å². The van der Waals surface area contributed by atoms with Gasteiger partial charge in [-0.3, -0.25) is 0 Å². The van der Waals surface area contributed by atoms with Crippen LogP contribution in [0.4, 0.5) is 9.59 Å². The van der Waals surface area contributed by atoms with Crippen LogP contribution in [-0.2, 0) is 34.0 Å². The molecule has 2 atom stereocenters. The van der Waals surface area contributed by atoms with Gasteiger partial charge in [0.1, 0.15) is 51.1 Å². The first kappa shape index (κ1) is 44.2. The van der Waals surface area contributed by atoms with Crippen LogP contribution < -0.4 is 29.6 Å². The Balaban J connectivity index is 1.74. The molecule has 0 bridgehead atoms. The molecule has 302 valence electrons. The highest BCUT2D eigenvalue weighted by Crippen LogP contribution is 2.34. The van der Waals surface area contributed by atoms with Crippen LogP contribution in [0.25, 0.3) is 0 Å².